The van der Waals surface area contributed by atoms with Gasteiger partial charge in [-0.2, -0.15) is 0 Å². The molecule has 0 aromatic rings. The van der Waals surface area contributed by atoms with E-state index >= 15 is 0 Å². The minimum atomic E-state index is 0.417. The number of allylic oxidation sites excluding steroid dienone is 2. The number of aliphatic imine (C=N–C) groups is 1. The molecule has 0 saturated heterocycles. The van der Waals surface area contributed by atoms with Crippen molar-refractivity contribution in [2.75, 3.05) is 7.11 Å². The SMILES string of the molecule is C=C(C)N=C(OC)/C(N)=C\C. The van der Waals surface area contributed by atoms with E-state index in [9.17, 15) is 0 Å². The molecule has 0 aromatic heterocycles. The lowest BCUT2D eigenvalue weighted by molar-refractivity contribution is 0.402. The summed E-state index contributed by atoms with van der Waals surface area (Å²) in [7, 11) is 1.53. The van der Waals surface area contributed by atoms with Crippen molar-refractivity contribution in [3.8, 4) is 0 Å². The van der Waals surface area contributed by atoms with Gasteiger partial charge in [0, 0.05) is 5.70 Å². The first-order chi connectivity index (χ1) is 5.11. The van der Waals surface area contributed by atoms with E-state index in [1.807, 2.05) is 6.92 Å². The molecule has 3 nitrogen and oxygen atoms in total. The summed E-state index contributed by atoms with van der Waals surface area (Å²) < 4.78 is 4.91. The van der Waals surface area contributed by atoms with Gasteiger partial charge in [0.15, 0.2) is 0 Å². The third-order valence-electron chi connectivity index (χ3n) is 1.04. The molecule has 2 N–H and O–H groups in total. The maximum absolute atomic E-state index is 5.54. The van der Waals surface area contributed by atoms with Crippen molar-refractivity contribution in [3.63, 3.8) is 0 Å². The van der Waals surface area contributed by atoms with Crippen molar-refractivity contribution in [1.29, 1.82) is 0 Å². The Bertz CT molecular complexity index is 204. The maximum Gasteiger partial charge on any atom is 0.236 e. The largest absolute Gasteiger partial charge is 0.480 e. The molecule has 0 amide bonds. The van der Waals surface area contributed by atoms with Gasteiger partial charge >= 0.3 is 0 Å². The van der Waals surface area contributed by atoms with Crippen molar-refractivity contribution >= 4 is 5.90 Å². The van der Waals surface area contributed by atoms with Crippen LogP contribution in [0.2, 0.25) is 0 Å². The number of ether oxygens (including phenoxy) is 1. The highest BCUT2D eigenvalue weighted by molar-refractivity contribution is 5.92. The average Bonchev–Trinajstić information content (AvgIpc) is 1.98. The number of nitrogens with two attached hydrogens (primary N) is 1. The van der Waals surface area contributed by atoms with Gasteiger partial charge < -0.3 is 10.5 Å². The molecule has 11 heavy (non-hydrogen) atoms. The molecular weight excluding hydrogens is 140 g/mol. The van der Waals surface area contributed by atoms with Crippen LogP contribution >= 0.6 is 0 Å². The highest BCUT2D eigenvalue weighted by atomic mass is 16.5. The number of hydrogen-bond donors (Lipinski definition) is 1. The molecule has 0 radical (unpaired) electrons. The van der Waals surface area contributed by atoms with Crippen LogP contribution in [0.3, 0.4) is 0 Å². The second-order valence-electron chi connectivity index (χ2n) is 2.10. The fourth-order valence-corrected chi connectivity index (χ4v) is 0.525. The van der Waals surface area contributed by atoms with Gasteiger partial charge in [-0.1, -0.05) is 12.7 Å². The van der Waals surface area contributed by atoms with Crippen LogP contribution in [0, 0.1) is 0 Å². The summed E-state index contributed by atoms with van der Waals surface area (Å²) >= 11 is 0. The maximum atomic E-state index is 5.54. The quantitative estimate of drug-likeness (QED) is 0.483. The fourth-order valence-electron chi connectivity index (χ4n) is 0.525. The normalized spacial score (nSPS) is 13.0. The summed E-state index contributed by atoms with van der Waals surface area (Å²) in [6.07, 6.45) is 1.73. The Hall–Kier alpha value is -1.25. The zero-order valence-corrected chi connectivity index (χ0v) is 7.22. The van der Waals surface area contributed by atoms with Gasteiger partial charge in [-0.15, -0.1) is 0 Å². The molecule has 0 unspecified atom stereocenters. The van der Waals surface area contributed by atoms with Gasteiger partial charge in [-0.3, -0.25) is 0 Å². The first kappa shape index (κ1) is 9.75. The van der Waals surface area contributed by atoms with Crippen LogP contribution < -0.4 is 5.73 Å². The van der Waals surface area contributed by atoms with E-state index in [1.54, 1.807) is 13.0 Å². The van der Waals surface area contributed by atoms with Crippen LogP contribution in [0.1, 0.15) is 13.8 Å². The number of nitrogens with zero attached hydrogens (tertiary/aromatic N) is 1. The first-order valence-corrected chi connectivity index (χ1v) is 3.32. The molecule has 0 heterocycles. The summed E-state index contributed by atoms with van der Waals surface area (Å²) in [6.45, 7) is 7.21. The predicted molar refractivity (Wildman–Crippen MR) is 47.2 cm³/mol. The summed E-state index contributed by atoms with van der Waals surface area (Å²) in [4.78, 5) is 3.97. The van der Waals surface area contributed by atoms with Crippen molar-refractivity contribution in [3.05, 3.63) is 24.0 Å². The second-order valence-corrected chi connectivity index (χ2v) is 2.10. The average molecular weight is 154 g/mol. The zero-order chi connectivity index (χ0) is 8.85. The zero-order valence-electron chi connectivity index (χ0n) is 7.22. The molecule has 0 aliphatic heterocycles. The molecule has 62 valence electrons. The van der Waals surface area contributed by atoms with Gasteiger partial charge in [0.1, 0.15) is 0 Å². The molecule has 0 bridgehead atoms. The Kier molecular flexibility index (Phi) is 4.03. The van der Waals surface area contributed by atoms with E-state index in [4.69, 9.17) is 10.5 Å². The van der Waals surface area contributed by atoms with E-state index in [2.05, 4.69) is 11.6 Å². The Balaban J connectivity index is 4.53. The Morgan fingerprint density at radius 2 is 2.18 bits per heavy atom. The summed E-state index contributed by atoms with van der Waals surface area (Å²) in [5.74, 6) is 0.417. The summed E-state index contributed by atoms with van der Waals surface area (Å²) in [5, 5.41) is 0. The fraction of sp³-hybridized carbons (Fsp3) is 0.375. The molecule has 0 rings (SSSR count). The molecule has 0 fully saturated rings. The van der Waals surface area contributed by atoms with Gasteiger partial charge in [0.2, 0.25) is 5.90 Å². The number of hydrogen-bond acceptors (Lipinski definition) is 3. The van der Waals surface area contributed by atoms with Gasteiger partial charge in [0.25, 0.3) is 0 Å². The smallest absolute Gasteiger partial charge is 0.236 e. The molecule has 0 spiro atoms. The van der Waals surface area contributed by atoms with Crippen LogP contribution in [0.4, 0.5) is 0 Å². The Labute approximate surface area is 67.3 Å². The lowest BCUT2D eigenvalue weighted by atomic mass is 10.4. The Morgan fingerprint density at radius 1 is 1.64 bits per heavy atom. The molecule has 0 aliphatic carbocycles. The van der Waals surface area contributed by atoms with E-state index in [-0.39, 0.29) is 0 Å². The van der Waals surface area contributed by atoms with Crippen LogP contribution in [-0.4, -0.2) is 13.0 Å². The van der Waals surface area contributed by atoms with Crippen molar-refractivity contribution in [2.45, 2.75) is 13.8 Å². The van der Waals surface area contributed by atoms with E-state index < -0.39 is 0 Å². The van der Waals surface area contributed by atoms with E-state index in [0.29, 0.717) is 17.3 Å². The third-order valence-corrected chi connectivity index (χ3v) is 1.04. The predicted octanol–water partition coefficient (Wildman–Crippen LogP) is 1.43. The minimum absolute atomic E-state index is 0.417. The van der Waals surface area contributed by atoms with Crippen molar-refractivity contribution < 1.29 is 4.74 Å². The first-order valence-electron chi connectivity index (χ1n) is 3.32. The molecule has 0 aliphatic rings. The monoisotopic (exact) mass is 154 g/mol. The molecule has 3 heteroatoms. The molecule has 0 aromatic carbocycles. The van der Waals surface area contributed by atoms with Crippen molar-refractivity contribution in [1.82, 2.24) is 0 Å². The van der Waals surface area contributed by atoms with Gasteiger partial charge in [-0.05, 0) is 13.8 Å². The lowest BCUT2D eigenvalue weighted by Gasteiger charge is -2.03. The van der Waals surface area contributed by atoms with Crippen LogP contribution in [0.5, 0.6) is 0 Å². The molecule has 0 atom stereocenters. The molecule has 0 saturated carbocycles. The minimum Gasteiger partial charge on any atom is -0.480 e. The van der Waals surface area contributed by atoms with Crippen molar-refractivity contribution in [2.24, 2.45) is 10.7 Å². The molecular formula is C8H14N2O. The number of methoxy groups -OCH3 is 1. The highest BCUT2D eigenvalue weighted by Crippen LogP contribution is 1.97. The van der Waals surface area contributed by atoms with Crippen LogP contribution in [0.15, 0.2) is 29.0 Å². The topological polar surface area (TPSA) is 47.6 Å². The van der Waals surface area contributed by atoms with Gasteiger partial charge in [0.05, 0.1) is 12.8 Å². The van der Waals surface area contributed by atoms with E-state index in [1.165, 1.54) is 7.11 Å². The summed E-state index contributed by atoms with van der Waals surface area (Å²) in [5.41, 5.74) is 6.74. The highest BCUT2D eigenvalue weighted by Gasteiger charge is 1.99. The van der Waals surface area contributed by atoms with Crippen LogP contribution in [-0.2, 0) is 4.74 Å². The lowest BCUT2D eigenvalue weighted by Crippen LogP contribution is -2.13. The Morgan fingerprint density at radius 3 is 2.45 bits per heavy atom. The second kappa shape index (κ2) is 4.55. The third kappa shape index (κ3) is 3.45. The number of rotatable bonds is 2. The summed E-state index contributed by atoms with van der Waals surface area (Å²) in [6, 6.07) is 0. The van der Waals surface area contributed by atoms with Crippen LogP contribution in [0.25, 0.3) is 0 Å². The standard InChI is InChI=1S/C8H14N2O/c1-5-7(9)8(11-4)10-6(2)3/h5H,2,9H2,1,3-4H3/b7-5+,10-8?. The van der Waals surface area contributed by atoms with E-state index in [0.717, 1.165) is 0 Å². The van der Waals surface area contributed by atoms with Gasteiger partial charge in [-0.25, -0.2) is 4.99 Å².